The second-order valence-electron chi connectivity index (χ2n) is 5.72. The van der Waals surface area contributed by atoms with Crippen molar-refractivity contribution in [3.8, 4) is 0 Å². The number of hydrogen-bond donors (Lipinski definition) is 1. The molecule has 0 aliphatic rings. The summed E-state index contributed by atoms with van der Waals surface area (Å²) < 4.78 is 8.20. The van der Waals surface area contributed by atoms with E-state index in [-0.39, 0.29) is 30.2 Å². The van der Waals surface area contributed by atoms with E-state index in [1.165, 1.54) is 10.8 Å². The predicted molar refractivity (Wildman–Crippen MR) is 92.5 cm³/mol. The normalized spacial score (nSPS) is 11.3. The molecule has 9 heteroatoms. The van der Waals surface area contributed by atoms with Gasteiger partial charge in [-0.2, -0.15) is 0 Å². The summed E-state index contributed by atoms with van der Waals surface area (Å²) in [5.74, 6) is 0.973. The Balaban J connectivity index is 1.75. The summed E-state index contributed by atoms with van der Waals surface area (Å²) in [5, 5.41) is 10.8. The Morgan fingerprint density at radius 3 is 2.88 bits per heavy atom. The number of furan rings is 1. The van der Waals surface area contributed by atoms with Gasteiger partial charge in [0, 0.05) is 12.6 Å². The van der Waals surface area contributed by atoms with E-state index in [4.69, 9.17) is 4.42 Å². The smallest absolute Gasteiger partial charge is 0.297 e. The van der Waals surface area contributed by atoms with Crippen molar-refractivity contribution in [2.75, 3.05) is 0 Å². The molecule has 4 aromatic heterocycles. The molecule has 0 aliphatic carbocycles. The zero-order valence-corrected chi connectivity index (χ0v) is 14.0. The average Bonchev–Trinajstić information content (AvgIpc) is 3.32. The van der Waals surface area contributed by atoms with Crippen LogP contribution in [0.4, 0.5) is 0 Å². The van der Waals surface area contributed by atoms with Crippen LogP contribution in [0.25, 0.3) is 16.8 Å². The van der Waals surface area contributed by atoms with Gasteiger partial charge in [-0.15, -0.1) is 10.2 Å². The molecule has 4 rings (SSSR count). The monoisotopic (exact) mass is 352 g/mol. The molecule has 0 atom stereocenters. The number of pyridine rings is 1. The molecule has 9 nitrogen and oxygen atoms in total. The molecular formula is C17H16N6O3. The van der Waals surface area contributed by atoms with Gasteiger partial charge in [0.15, 0.2) is 5.65 Å². The number of carbonyl (C=O) groups is 1. The number of fused-ring (bicyclic) bond motifs is 3. The van der Waals surface area contributed by atoms with E-state index in [0.717, 1.165) is 0 Å². The summed E-state index contributed by atoms with van der Waals surface area (Å²) in [6.07, 6.45) is 3.78. The van der Waals surface area contributed by atoms with E-state index in [1.807, 2.05) is 6.92 Å². The fourth-order valence-electron chi connectivity index (χ4n) is 2.86. The summed E-state index contributed by atoms with van der Waals surface area (Å²) in [6, 6.07) is 6.99. The number of amides is 1. The van der Waals surface area contributed by atoms with Gasteiger partial charge in [0.1, 0.15) is 18.1 Å². The minimum Gasteiger partial charge on any atom is -0.467 e. The lowest BCUT2D eigenvalue weighted by Crippen LogP contribution is -2.33. The van der Waals surface area contributed by atoms with Crippen molar-refractivity contribution in [1.29, 1.82) is 0 Å². The van der Waals surface area contributed by atoms with Gasteiger partial charge in [-0.05, 0) is 24.3 Å². The summed E-state index contributed by atoms with van der Waals surface area (Å²) in [4.78, 5) is 29.5. The number of carbonyl (C=O) groups excluding carboxylic acids is 1. The molecule has 4 heterocycles. The first-order valence-corrected chi connectivity index (χ1v) is 8.19. The van der Waals surface area contributed by atoms with Crippen molar-refractivity contribution in [1.82, 2.24) is 29.5 Å². The molecule has 0 aliphatic heterocycles. The Labute approximate surface area is 147 Å². The minimum atomic E-state index is -0.383. The van der Waals surface area contributed by atoms with Crippen molar-refractivity contribution in [3.05, 3.63) is 58.7 Å². The molecule has 4 aromatic rings. The third kappa shape index (κ3) is 2.63. The summed E-state index contributed by atoms with van der Waals surface area (Å²) in [5.41, 5.74) is 0.869. The van der Waals surface area contributed by atoms with Crippen LogP contribution in [0.1, 0.15) is 18.5 Å². The molecule has 0 saturated heterocycles. The Hall–Kier alpha value is -3.49. The quantitative estimate of drug-likeness (QED) is 0.572. The Morgan fingerprint density at radius 2 is 2.12 bits per heavy atom. The fraction of sp³-hybridized carbons (Fsp3) is 0.235. The summed E-state index contributed by atoms with van der Waals surface area (Å²) in [7, 11) is 0. The molecule has 1 amide bonds. The second kappa shape index (κ2) is 6.43. The first-order valence-electron chi connectivity index (χ1n) is 8.19. The molecule has 0 spiro atoms. The van der Waals surface area contributed by atoms with Crippen LogP contribution in [0.3, 0.4) is 0 Å². The maximum absolute atomic E-state index is 12.9. The van der Waals surface area contributed by atoms with Crippen molar-refractivity contribution >= 4 is 22.7 Å². The molecule has 132 valence electrons. The number of nitrogens with zero attached hydrogens (tertiary/aromatic N) is 5. The zero-order valence-electron chi connectivity index (χ0n) is 14.0. The maximum Gasteiger partial charge on any atom is 0.297 e. The van der Waals surface area contributed by atoms with E-state index >= 15 is 0 Å². The van der Waals surface area contributed by atoms with Crippen LogP contribution in [0.5, 0.6) is 0 Å². The van der Waals surface area contributed by atoms with Crippen molar-refractivity contribution in [2.45, 2.75) is 26.4 Å². The predicted octanol–water partition coefficient (Wildman–Crippen LogP) is 0.911. The number of nitrogens with one attached hydrogen (secondary N) is 1. The molecular weight excluding hydrogens is 336 g/mol. The Morgan fingerprint density at radius 1 is 1.23 bits per heavy atom. The summed E-state index contributed by atoms with van der Waals surface area (Å²) in [6.45, 7) is 2.04. The lowest BCUT2D eigenvalue weighted by molar-refractivity contribution is -0.121. The van der Waals surface area contributed by atoms with Gasteiger partial charge < -0.3 is 9.73 Å². The molecule has 0 bridgehead atoms. The first kappa shape index (κ1) is 16.0. The third-order valence-electron chi connectivity index (χ3n) is 4.09. The lowest BCUT2D eigenvalue weighted by Gasteiger charge is -2.11. The van der Waals surface area contributed by atoms with Gasteiger partial charge >= 0.3 is 0 Å². The van der Waals surface area contributed by atoms with Crippen LogP contribution in [0, 0.1) is 0 Å². The molecule has 0 fully saturated rings. The topological polar surface area (TPSA) is 107 Å². The van der Waals surface area contributed by atoms with Crippen LogP contribution in [0.15, 0.2) is 45.9 Å². The Kier molecular flexibility index (Phi) is 3.96. The van der Waals surface area contributed by atoms with Crippen molar-refractivity contribution in [2.24, 2.45) is 0 Å². The number of rotatable bonds is 5. The zero-order chi connectivity index (χ0) is 18.1. The molecule has 0 aromatic carbocycles. The molecule has 26 heavy (non-hydrogen) atoms. The van der Waals surface area contributed by atoms with E-state index in [1.54, 1.807) is 34.9 Å². The van der Waals surface area contributed by atoms with Gasteiger partial charge in [0.05, 0.1) is 18.3 Å². The van der Waals surface area contributed by atoms with E-state index in [2.05, 4.69) is 20.5 Å². The van der Waals surface area contributed by atoms with E-state index in [9.17, 15) is 9.59 Å². The average molecular weight is 352 g/mol. The highest BCUT2D eigenvalue weighted by atomic mass is 16.3. The highest BCUT2D eigenvalue weighted by Crippen LogP contribution is 2.13. The maximum atomic E-state index is 12.9. The van der Waals surface area contributed by atoms with Gasteiger partial charge in [-0.25, -0.2) is 4.98 Å². The van der Waals surface area contributed by atoms with Gasteiger partial charge in [-0.1, -0.05) is 6.92 Å². The van der Waals surface area contributed by atoms with Crippen LogP contribution < -0.4 is 10.9 Å². The second-order valence-corrected chi connectivity index (χ2v) is 5.72. The summed E-state index contributed by atoms with van der Waals surface area (Å²) >= 11 is 0. The minimum absolute atomic E-state index is 0.146. The van der Waals surface area contributed by atoms with Crippen molar-refractivity contribution in [3.63, 3.8) is 0 Å². The SMILES string of the molecule is CCc1nnc2c(=O)n(CC(=O)NCc3ccco3)c3cccnc3n12. The fourth-order valence-corrected chi connectivity index (χ4v) is 2.86. The molecule has 0 unspecified atom stereocenters. The van der Waals surface area contributed by atoms with E-state index < -0.39 is 0 Å². The standard InChI is InChI=1S/C17H16N6O3/c1-2-13-20-21-16-17(25)22(12-6-3-7-18-15(12)23(13)16)10-14(24)19-9-11-5-4-8-26-11/h3-8H,2,9-10H2,1H3,(H,19,24). The lowest BCUT2D eigenvalue weighted by atomic mass is 10.3. The molecule has 0 radical (unpaired) electrons. The molecule has 1 N–H and O–H groups in total. The van der Waals surface area contributed by atoms with E-state index in [0.29, 0.717) is 29.2 Å². The van der Waals surface area contributed by atoms with Gasteiger partial charge in [0.25, 0.3) is 5.56 Å². The van der Waals surface area contributed by atoms with Crippen molar-refractivity contribution < 1.29 is 9.21 Å². The van der Waals surface area contributed by atoms with Gasteiger partial charge in [-0.3, -0.25) is 18.6 Å². The third-order valence-corrected chi connectivity index (χ3v) is 4.09. The number of aryl methyl sites for hydroxylation is 1. The van der Waals surface area contributed by atoms with Gasteiger partial charge in [0.2, 0.25) is 11.6 Å². The highest BCUT2D eigenvalue weighted by Gasteiger charge is 2.18. The first-order chi connectivity index (χ1) is 12.7. The van der Waals surface area contributed by atoms with Crippen LogP contribution in [-0.4, -0.2) is 30.1 Å². The van der Waals surface area contributed by atoms with Crippen LogP contribution in [0.2, 0.25) is 0 Å². The number of aromatic nitrogens is 5. The Bertz CT molecular complexity index is 1140. The molecule has 0 saturated carbocycles. The van der Waals surface area contributed by atoms with Crippen LogP contribution >= 0.6 is 0 Å². The highest BCUT2D eigenvalue weighted by molar-refractivity contribution is 5.80. The number of hydrogen-bond acceptors (Lipinski definition) is 6. The largest absolute Gasteiger partial charge is 0.467 e. The van der Waals surface area contributed by atoms with Crippen LogP contribution in [-0.2, 0) is 24.3 Å².